The summed E-state index contributed by atoms with van der Waals surface area (Å²) in [6, 6.07) is 9.45. The summed E-state index contributed by atoms with van der Waals surface area (Å²) < 4.78 is 0. The summed E-state index contributed by atoms with van der Waals surface area (Å²) in [6.07, 6.45) is 5.71. The van der Waals surface area contributed by atoms with E-state index in [2.05, 4.69) is 20.8 Å². The molecule has 0 saturated heterocycles. The van der Waals surface area contributed by atoms with E-state index in [0.717, 1.165) is 24.1 Å². The number of rotatable bonds is 4. The molecule has 126 valence electrons. The van der Waals surface area contributed by atoms with Gasteiger partial charge in [0.05, 0.1) is 0 Å². The Hall–Kier alpha value is -2.14. The maximum atomic E-state index is 12.4. The topological polar surface area (TPSA) is 66.9 Å². The Morgan fingerprint density at radius 2 is 1.96 bits per heavy atom. The highest BCUT2D eigenvalue weighted by atomic mass is 35.5. The maximum absolute atomic E-state index is 12.4. The van der Waals surface area contributed by atoms with Crippen LogP contribution in [0.25, 0.3) is 0 Å². The number of nitrogens with one attached hydrogen (secondary N) is 2. The van der Waals surface area contributed by atoms with Crippen molar-refractivity contribution in [1.82, 2.24) is 15.5 Å². The highest BCUT2D eigenvalue weighted by Gasteiger charge is 2.19. The molecule has 6 heteroatoms. The van der Waals surface area contributed by atoms with Gasteiger partial charge in [-0.15, -0.1) is 10.2 Å². The number of halogens is 1. The third-order valence-corrected chi connectivity index (χ3v) is 4.47. The zero-order chi connectivity index (χ0) is 16.9. The molecule has 5 nitrogen and oxygen atoms in total. The van der Waals surface area contributed by atoms with Gasteiger partial charge in [-0.2, -0.15) is 0 Å². The summed E-state index contributed by atoms with van der Waals surface area (Å²) in [5.41, 5.74) is 2.01. The fraction of sp³-hybridized carbons (Fsp3) is 0.389. The van der Waals surface area contributed by atoms with E-state index < -0.39 is 0 Å². The van der Waals surface area contributed by atoms with Gasteiger partial charge >= 0.3 is 0 Å². The van der Waals surface area contributed by atoms with Gasteiger partial charge in [0.1, 0.15) is 0 Å². The molecular formula is C18H21ClN4O. The molecule has 1 heterocycles. The molecule has 0 unspecified atom stereocenters. The van der Waals surface area contributed by atoms with Crippen LogP contribution < -0.4 is 10.6 Å². The summed E-state index contributed by atoms with van der Waals surface area (Å²) in [5, 5.41) is 15.1. The van der Waals surface area contributed by atoms with E-state index in [9.17, 15) is 4.79 Å². The standard InChI is InChI=1S/C18H21ClN4O/c1-12-10-16(20-15-9-5-6-13(19)11-15)22-23-17(12)18(24)21-14-7-3-2-4-8-14/h5-6,9-11,14H,2-4,7-8H2,1H3,(H,20,22)(H,21,24). The van der Waals surface area contributed by atoms with Gasteiger partial charge < -0.3 is 10.6 Å². The first-order chi connectivity index (χ1) is 11.6. The lowest BCUT2D eigenvalue weighted by Crippen LogP contribution is -2.37. The summed E-state index contributed by atoms with van der Waals surface area (Å²) in [7, 11) is 0. The first kappa shape index (κ1) is 16.7. The van der Waals surface area contributed by atoms with Crippen LogP contribution >= 0.6 is 11.6 Å². The minimum atomic E-state index is -0.138. The van der Waals surface area contributed by atoms with Crippen LogP contribution in [0.15, 0.2) is 30.3 Å². The molecule has 24 heavy (non-hydrogen) atoms. The van der Waals surface area contributed by atoms with E-state index in [0.29, 0.717) is 16.5 Å². The van der Waals surface area contributed by atoms with E-state index in [1.54, 1.807) is 0 Å². The lowest BCUT2D eigenvalue weighted by Gasteiger charge is -2.22. The van der Waals surface area contributed by atoms with E-state index in [1.165, 1.54) is 19.3 Å². The SMILES string of the molecule is Cc1cc(Nc2cccc(Cl)c2)nnc1C(=O)NC1CCCCC1. The summed E-state index contributed by atoms with van der Waals surface area (Å²) in [5.74, 6) is 0.449. The number of aryl methyl sites for hydroxylation is 1. The van der Waals surface area contributed by atoms with E-state index in [-0.39, 0.29) is 11.9 Å². The number of benzene rings is 1. The van der Waals surface area contributed by atoms with Gasteiger partial charge in [0.15, 0.2) is 11.5 Å². The Balaban J connectivity index is 1.68. The number of aromatic nitrogens is 2. The third-order valence-electron chi connectivity index (χ3n) is 4.24. The van der Waals surface area contributed by atoms with Crippen LogP contribution in [0.2, 0.25) is 5.02 Å². The molecule has 0 aliphatic heterocycles. The van der Waals surface area contributed by atoms with Crippen molar-refractivity contribution in [2.45, 2.75) is 45.1 Å². The molecule has 1 fully saturated rings. The molecule has 0 radical (unpaired) electrons. The van der Waals surface area contributed by atoms with Gasteiger partial charge in [-0.25, -0.2) is 0 Å². The number of hydrogen-bond acceptors (Lipinski definition) is 4. The molecule has 1 amide bonds. The number of anilines is 2. The normalized spacial score (nSPS) is 15.1. The van der Waals surface area contributed by atoms with Crippen molar-refractivity contribution in [3.8, 4) is 0 Å². The van der Waals surface area contributed by atoms with Crippen LogP contribution in [0.1, 0.15) is 48.2 Å². The fourth-order valence-electron chi connectivity index (χ4n) is 2.99. The van der Waals surface area contributed by atoms with Crippen molar-refractivity contribution < 1.29 is 4.79 Å². The van der Waals surface area contributed by atoms with Gasteiger partial charge in [-0.1, -0.05) is 36.9 Å². The summed E-state index contributed by atoms with van der Waals surface area (Å²) >= 11 is 5.97. The second-order valence-corrected chi connectivity index (χ2v) is 6.64. The monoisotopic (exact) mass is 344 g/mol. The van der Waals surface area contributed by atoms with Crippen molar-refractivity contribution in [3.63, 3.8) is 0 Å². The zero-order valence-corrected chi connectivity index (χ0v) is 14.4. The fourth-order valence-corrected chi connectivity index (χ4v) is 3.18. The number of carbonyl (C=O) groups excluding carboxylic acids is 1. The molecule has 0 spiro atoms. The maximum Gasteiger partial charge on any atom is 0.272 e. The van der Waals surface area contributed by atoms with Gasteiger partial charge in [0, 0.05) is 16.8 Å². The average molecular weight is 345 g/mol. The average Bonchev–Trinajstić information content (AvgIpc) is 2.56. The smallest absolute Gasteiger partial charge is 0.272 e. The predicted octanol–water partition coefficient (Wildman–Crippen LogP) is 4.24. The molecule has 3 rings (SSSR count). The van der Waals surface area contributed by atoms with Crippen LogP contribution in [-0.2, 0) is 0 Å². The molecule has 1 saturated carbocycles. The highest BCUT2D eigenvalue weighted by molar-refractivity contribution is 6.30. The summed E-state index contributed by atoms with van der Waals surface area (Å²) in [4.78, 5) is 12.4. The Labute approximate surface area is 146 Å². The van der Waals surface area contributed by atoms with E-state index >= 15 is 0 Å². The molecule has 2 aromatic rings. The molecule has 1 aromatic heterocycles. The minimum absolute atomic E-state index is 0.138. The van der Waals surface area contributed by atoms with Crippen LogP contribution in [0.4, 0.5) is 11.5 Å². The van der Waals surface area contributed by atoms with Crippen molar-refractivity contribution in [2.24, 2.45) is 0 Å². The second kappa shape index (κ2) is 7.62. The molecule has 0 atom stereocenters. The van der Waals surface area contributed by atoms with Crippen molar-refractivity contribution >= 4 is 29.0 Å². The minimum Gasteiger partial charge on any atom is -0.348 e. The Morgan fingerprint density at radius 1 is 1.17 bits per heavy atom. The largest absolute Gasteiger partial charge is 0.348 e. The van der Waals surface area contributed by atoms with E-state index in [1.807, 2.05) is 37.3 Å². The number of nitrogens with zero attached hydrogens (tertiary/aromatic N) is 2. The van der Waals surface area contributed by atoms with Crippen molar-refractivity contribution in [2.75, 3.05) is 5.32 Å². The Bertz CT molecular complexity index is 729. The van der Waals surface area contributed by atoms with Crippen LogP contribution in [-0.4, -0.2) is 22.1 Å². The van der Waals surface area contributed by atoms with Crippen LogP contribution in [0.3, 0.4) is 0 Å². The molecule has 1 aliphatic carbocycles. The van der Waals surface area contributed by atoms with Gasteiger partial charge in [-0.05, 0) is 49.6 Å². The highest BCUT2D eigenvalue weighted by Crippen LogP contribution is 2.20. The Morgan fingerprint density at radius 3 is 2.67 bits per heavy atom. The van der Waals surface area contributed by atoms with Crippen molar-refractivity contribution in [3.05, 3.63) is 46.6 Å². The Kier molecular flexibility index (Phi) is 5.30. The molecule has 2 N–H and O–H groups in total. The quantitative estimate of drug-likeness (QED) is 0.870. The molecular weight excluding hydrogens is 324 g/mol. The lowest BCUT2D eigenvalue weighted by molar-refractivity contribution is 0.0921. The van der Waals surface area contributed by atoms with Crippen molar-refractivity contribution in [1.29, 1.82) is 0 Å². The van der Waals surface area contributed by atoms with Crippen LogP contribution in [0, 0.1) is 6.92 Å². The van der Waals surface area contributed by atoms with E-state index in [4.69, 9.17) is 11.6 Å². The summed E-state index contributed by atoms with van der Waals surface area (Å²) in [6.45, 7) is 1.87. The number of amides is 1. The molecule has 1 aliphatic rings. The van der Waals surface area contributed by atoms with Crippen LogP contribution in [0.5, 0.6) is 0 Å². The van der Waals surface area contributed by atoms with Gasteiger partial charge in [-0.3, -0.25) is 4.79 Å². The number of hydrogen-bond donors (Lipinski definition) is 2. The zero-order valence-electron chi connectivity index (χ0n) is 13.7. The first-order valence-corrected chi connectivity index (χ1v) is 8.67. The van der Waals surface area contributed by atoms with Gasteiger partial charge in [0.2, 0.25) is 0 Å². The van der Waals surface area contributed by atoms with Gasteiger partial charge in [0.25, 0.3) is 5.91 Å². The lowest BCUT2D eigenvalue weighted by atomic mass is 9.95. The molecule has 1 aromatic carbocycles. The first-order valence-electron chi connectivity index (χ1n) is 8.29. The third kappa shape index (κ3) is 4.23. The number of carbonyl (C=O) groups is 1. The second-order valence-electron chi connectivity index (χ2n) is 6.20. The predicted molar refractivity (Wildman–Crippen MR) is 95.8 cm³/mol. The molecule has 0 bridgehead atoms.